The monoisotopic (exact) mass is 246 g/mol. The molecule has 1 aliphatic rings. The lowest BCUT2D eigenvalue weighted by molar-refractivity contribution is 0.0690. The van der Waals surface area contributed by atoms with E-state index in [9.17, 15) is 0 Å². The zero-order valence-electron chi connectivity index (χ0n) is 12.1. The number of rotatable bonds is 3. The molecule has 18 heavy (non-hydrogen) atoms. The minimum atomic E-state index is 0.476. The van der Waals surface area contributed by atoms with Crippen LogP contribution in [-0.2, 0) is 0 Å². The van der Waals surface area contributed by atoms with Gasteiger partial charge in [0.15, 0.2) is 0 Å². The molecule has 0 radical (unpaired) electrons. The fraction of sp³-hybridized carbons (Fsp3) is 0.625. The highest BCUT2D eigenvalue weighted by atomic mass is 15.3. The molecule has 0 amide bonds. The third kappa shape index (κ3) is 2.93. The Morgan fingerprint density at radius 2 is 1.78 bits per heavy atom. The Hall–Kier alpha value is -0.860. The van der Waals surface area contributed by atoms with Gasteiger partial charge in [0, 0.05) is 31.2 Å². The van der Waals surface area contributed by atoms with Crippen LogP contribution in [0.4, 0.5) is 0 Å². The molecule has 0 spiro atoms. The zero-order chi connectivity index (χ0) is 13.1. The van der Waals surface area contributed by atoms with Gasteiger partial charge >= 0.3 is 0 Å². The number of hydrogen-bond acceptors (Lipinski definition) is 2. The average Bonchev–Trinajstić information content (AvgIpc) is 2.39. The van der Waals surface area contributed by atoms with E-state index < -0.39 is 0 Å². The van der Waals surface area contributed by atoms with E-state index in [2.05, 4.69) is 68.2 Å². The van der Waals surface area contributed by atoms with Crippen molar-refractivity contribution in [2.75, 3.05) is 13.1 Å². The minimum absolute atomic E-state index is 0.476. The maximum absolute atomic E-state index is 3.71. The van der Waals surface area contributed by atoms with Crippen LogP contribution in [0.3, 0.4) is 0 Å². The molecule has 1 heterocycles. The highest BCUT2D eigenvalue weighted by Crippen LogP contribution is 2.24. The first-order valence-electron chi connectivity index (χ1n) is 7.13. The third-order valence-electron chi connectivity index (χ3n) is 4.03. The van der Waals surface area contributed by atoms with Crippen molar-refractivity contribution in [1.82, 2.24) is 10.2 Å². The summed E-state index contributed by atoms with van der Waals surface area (Å²) < 4.78 is 0. The average molecular weight is 246 g/mol. The maximum atomic E-state index is 3.71. The SMILES string of the molecule is CC(C)C1CNC(c2ccccc2)CN1C(C)C. The molecule has 2 heteroatoms. The second kappa shape index (κ2) is 5.85. The van der Waals surface area contributed by atoms with E-state index in [4.69, 9.17) is 0 Å². The van der Waals surface area contributed by atoms with Gasteiger partial charge in [-0.05, 0) is 25.3 Å². The van der Waals surface area contributed by atoms with E-state index in [-0.39, 0.29) is 0 Å². The van der Waals surface area contributed by atoms with E-state index in [0.29, 0.717) is 24.0 Å². The minimum Gasteiger partial charge on any atom is -0.307 e. The lowest BCUT2D eigenvalue weighted by Crippen LogP contribution is -2.56. The molecule has 2 rings (SSSR count). The van der Waals surface area contributed by atoms with Crippen LogP contribution in [0.25, 0.3) is 0 Å². The van der Waals surface area contributed by atoms with E-state index in [0.717, 1.165) is 13.1 Å². The van der Waals surface area contributed by atoms with Gasteiger partial charge in [-0.3, -0.25) is 4.90 Å². The van der Waals surface area contributed by atoms with E-state index in [1.807, 2.05) is 0 Å². The quantitative estimate of drug-likeness (QED) is 0.882. The van der Waals surface area contributed by atoms with E-state index in [1.165, 1.54) is 5.56 Å². The van der Waals surface area contributed by atoms with Crippen molar-refractivity contribution in [1.29, 1.82) is 0 Å². The molecule has 0 saturated carbocycles. The van der Waals surface area contributed by atoms with Crippen molar-refractivity contribution < 1.29 is 0 Å². The highest BCUT2D eigenvalue weighted by Gasteiger charge is 2.31. The van der Waals surface area contributed by atoms with Gasteiger partial charge < -0.3 is 5.32 Å². The van der Waals surface area contributed by atoms with Gasteiger partial charge in [-0.1, -0.05) is 44.2 Å². The molecular weight excluding hydrogens is 220 g/mol. The summed E-state index contributed by atoms with van der Waals surface area (Å²) in [7, 11) is 0. The summed E-state index contributed by atoms with van der Waals surface area (Å²) in [5, 5.41) is 3.71. The first kappa shape index (κ1) is 13.6. The molecular formula is C16H26N2. The lowest BCUT2D eigenvalue weighted by Gasteiger charge is -2.44. The number of piperazine rings is 1. The largest absolute Gasteiger partial charge is 0.307 e. The molecule has 1 saturated heterocycles. The Bertz CT molecular complexity index is 359. The molecule has 2 atom stereocenters. The predicted octanol–water partition coefficient (Wildman–Crippen LogP) is 3.07. The molecule has 2 unspecified atom stereocenters. The van der Waals surface area contributed by atoms with Crippen molar-refractivity contribution in [2.45, 2.75) is 45.8 Å². The Balaban J connectivity index is 2.11. The van der Waals surface area contributed by atoms with E-state index >= 15 is 0 Å². The Labute approximate surface area is 111 Å². The fourth-order valence-electron chi connectivity index (χ4n) is 2.91. The van der Waals surface area contributed by atoms with Gasteiger partial charge in [-0.15, -0.1) is 0 Å². The summed E-state index contributed by atoms with van der Waals surface area (Å²) in [5.41, 5.74) is 1.41. The number of hydrogen-bond donors (Lipinski definition) is 1. The van der Waals surface area contributed by atoms with Gasteiger partial charge in [0.05, 0.1) is 0 Å². The molecule has 1 fully saturated rings. The molecule has 0 aromatic heterocycles. The summed E-state index contributed by atoms with van der Waals surface area (Å²) in [4.78, 5) is 2.65. The maximum Gasteiger partial charge on any atom is 0.0450 e. The summed E-state index contributed by atoms with van der Waals surface area (Å²) in [6, 6.07) is 12.6. The topological polar surface area (TPSA) is 15.3 Å². The Morgan fingerprint density at radius 1 is 1.11 bits per heavy atom. The van der Waals surface area contributed by atoms with Gasteiger partial charge in [0.25, 0.3) is 0 Å². The van der Waals surface area contributed by atoms with Crippen LogP contribution in [0.15, 0.2) is 30.3 Å². The molecule has 1 N–H and O–H groups in total. The van der Waals surface area contributed by atoms with Gasteiger partial charge in [-0.2, -0.15) is 0 Å². The second-order valence-electron chi connectivity index (χ2n) is 5.97. The normalized spacial score (nSPS) is 25.9. The molecule has 0 aliphatic carbocycles. The fourth-order valence-corrected chi connectivity index (χ4v) is 2.91. The summed E-state index contributed by atoms with van der Waals surface area (Å²) >= 11 is 0. The van der Waals surface area contributed by atoms with Crippen LogP contribution >= 0.6 is 0 Å². The number of nitrogens with zero attached hydrogens (tertiary/aromatic N) is 1. The summed E-state index contributed by atoms with van der Waals surface area (Å²) in [5.74, 6) is 0.705. The first-order chi connectivity index (χ1) is 8.59. The predicted molar refractivity (Wildman–Crippen MR) is 77.7 cm³/mol. The summed E-state index contributed by atoms with van der Waals surface area (Å²) in [6.45, 7) is 11.5. The van der Waals surface area contributed by atoms with Crippen molar-refractivity contribution in [2.24, 2.45) is 5.92 Å². The van der Waals surface area contributed by atoms with Crippen molar-refractivity contribution in [3.05, 3.63) is 35.9 Å². The van der Waals surface area contributed by atoms with Crippen LogP contribution in [0.5, 0.6) is 0 Å². The standard InChI is InChI=1S/C16H26N2/c1-12(2)16-10-17-15(11-18(16)13(3)4)14-8-6-5-7-9-14/h5-9,12-13,15-17H,10-11H2,1-4H3. The van der Waals surface area contributed by atoms with Crippen LogP contribution in [0, 0.1) is 5.92 Å². The number of benzene rings is 1. The van der Waals surface area contributed by atoms with Crippen LogP contribution in [0.1, 0.15) is 39.3 Å². The van der Waals surface area contributed by atoms with Crippen molar-refractivity contribution in [3.63, 3.8) is 0 Å². The smallest absolute Gasteiger partial charge is 0.0450 e. The van der Waals surface area contributed by atoms with Crippen LogP contribution in [-0.4, -0.2) is 30.1 Å². The second-order valence-corrected chi connectivity index (χ2v) is 5.97. The van der Waals surface area contributed by atoms with Gasteiger partial charge in [-0.25, -0.2) is 0 Å². The molecule has 0 bridgehead atoms. The Kier molecular flexibility index (Phi) is 4.41. The zero-order valence-corrected chi connectivity index (χ0v) is 12.1. The lowest BCUT2D eigenvalue weighted by atomic mass is 9.94. The summed E-state index contributed by atoms with van der Waals surface area (Å²) in [6.07, 6.45) is 0. The van der Waals surface area contributed by atoms with Gasteiger partial charge in [0.2, 0.25) is 0 Å². The molecule has 2 nitrogen and oxygen atoms in total. The van der Waals surface area contributed by atoms with Crippen LogP contribution in [0.2, 0.25) is 0 Å². The molecule has 100 valence electrons. The third-order valence-corrected chi connectivity index (χ3v) is 4.03. The molecule has 1 aromatic carbocycles. The first-order valence-corrected chi connectivity index (χ1v) is 7.13. The van der Waals surface area contributed by atoms with Gasteiger partial charge in [0.1, 0.15) is 0 Å². The van der Waals surface area contributed by atoms with Crippen LogP contribution < -0.4 is 5.32 Å². The number of nitrogens with one attached hydrogen (secondary N) is 1. The Morgan fingerprint density at radius 3 is 2.33 bits per heavy atom. The molecule has 1 aliphatic heterocycles. The van der Waals surface area contributed by atoms with E-state index in [1.54, 1.807) is 0 Å². The molecule has 1 aromatic rings. The van der Waals surface area contributed by atoms with Crippen molar-refractivity contribution >= 4 is 0 Å². The highest BCUT2D eigenvalue weighted by molar-refractivity contribution is 5.20. The van der Waals surface area contributed by atoms with Crippen molar-refractivity contribution in [3.8, 4) is 0 Å².